The van der Waals surface area contributed by atoms with Crippen molar-refractivity contribution in [1.82, 2.24) is 14.6 Å². The maximum absolute atomic E-state index is 13.9. The number of amides is 1. The van der Waals surface area contributed by atoms with Gasteiger partial charge >= 0.3 is 0 Å². The van der Waals surface area contributed by atoms with Crippen molar-refractivity contribution in [2.45, 2.75) is 25.5 Å². The summed E-state index contributed by atoms with van der Waals surface area (Å²) >= 11 is 0. The van der Waals surface area contributed by atoms with Crippen molar-refractivity contribution >= 4 is 5.91 Å². The zero-order valence-corrected chi connectivity index (χ0v) is 22.4. The molecule has 0 fully saturated rings. The van der Waals surface area contributed by atoms with Crippen molar-refractivity contribution in [2.24, 2.45) is 0 Å². The van der Waals surface area contributed by atoms with Gasteiger partial charge in [-0.15, -0.1) is 13.2 Å². The van der Waals surface area contributed by atoms with Crippen molar-refractivity contribution in [3.8, 4) is 5.75 Å². The lowest BCUT2D eigenvalue weighted by Crippen LogP contribution is -2.56. The molecule has 1 aliphatic heterocycles. The highest BCUT2D eigenvalue weighted by Crippen LogP contribution is 2.33. The van der Waals surface area contributed by atoms with Gasteiger partial charge in [0.1, 0.15) is 19.3 Å². The standard InChI is InChI=1S/C33H32N4O3/c1-3-5-21-35-24-37(30(28-18-11-12-20-34-28)27-17-10-9-16-26(27)13-4-2)36-22-19-29(38)32(31(36)33(35)39)40-23-25-14-7-6-8-15-25/h3-4,6-12,14-20,22,30H,1-2,5,13,21,23-24H2. The normalized spacial score (nSPS) is 13.4. The first-order valence-corrected chi connectivity index (χ1v) is 13.3. The molecule has 202 valence electrons. The predicted octanol–water partition coefficient (Wildman–Crippen LogP) is 5.27. The number of hydrogen-bond donors (Lipinski definition) is 0. The topological polar surface area (TPSA) is 67.7 Å². The number of allylic oxidation sites excluding steroid dienone is 1. The lowest BCUT2D eigenvalue weighted by molar-refractivity contribution is 0.0679. The van der Waals surface area contributed by atoms with E-state index in [2.05, 4.69) is 30.3 Å². The summed E-state index contributed by atoms with van der Waals surface area (Å²) in [6.07, 6.45) is 8.37. The lowest BCUT2D eigenvalue weighted by atomic mass is 9.95. The van der Waals surface area contributed by atoms with Gasteiger partial charge in [0.25, 0.3) is 5.91 Å². The number of hydrogen-bond acceptors (Lipinski definition) is 5. The molecule has 0 saturated heterocycles. The Balaban J connectivity index is 1.68. The van der Waals surface area contributed by atoms with Crippen molar-refractivity contribution in [3.05, 3.63) is 155 Å². The fraction of sp³-hybridized carbons (Fsp3) is 0.182. The summed E-state index contributed by atoms with van der Waals surface area (Å²) in [6.45, 7) is 8.69. The van der Waals surface area contributed by atoms with Crippen LogP contribution in [0.5, 0.6) is 5.75 Å². The Morgan fingerprint density at radius 3 is 2.45 bits per heavy atom. The van der Waals surface area contributed by atoms with Crippen molar-refractivity contribution in [2.75, 3.05) is 18.2 Å². The number of carbonyl (C=O) groups excluding carboxylic acids is 1. The molecule has 0 spiro atoms. The van der Waals surface area contributed by atoms with Crippen LogP contribution in [0.1, 0.15) is 45.3 Å². The molecular weight excluding hydrogens is 500 g/mol. The highest BCUT2D eigenvalue weighted by molar-refractivity contribution is 5.96. The van der Waals surface area contributed by atoms with Gasteiger partial charge in [0.2, 0.25) is 5.43 Å². The van der Waals surface area contributed by atoms with Crippen LogP contribution >= 0.6 is 0 Å². The van der Waals surface area contributed by atoms with Crippen molar-refractivity contribution in [1.29, 1.82) is 0 Å². The molecule has 4 aromatic rings. The summed E-state index contributed by atoms with van der Waals surface area (Å²) in [7, 11) is 0. The van der Waals surface area contributed by atoms with Crippen LogP contribution in [0.15, 0.2) is 121 Å². The average molecular weight is 533 g/mol. The minimum Gasteiger partial charge on any atom is -0.482 e. The summed E-state index contributed by atoms with van der Waals surface area (Å²) in [6, 6.07) is 24.7. The largest absolute Gasteiger partial charge is 0.482 e. The quantitative estimate of drug-likeness (QED) is 0.246. The van der Waals surface area contributed by atoms with Crippen molar-refractivity contribution in [3.63, 3.8) is 0 Å². The Morgan fingerprint density at radius 1 is 0.925 bits per heavy atom. The minimum atomic E-state index is -0.361. The molecule has 1 amide bonds. The molecule has 1 unspecified atom stereocenters. The first-order valence-electron chi connectivity index (χ1n) is 13.3. The van der Waals surface area contributed by atoms with Gasteiger partial charge in [-0.2, -0.15) is 0 Å². The van der Waals surface area contributed by atoms with Gasteiger partial charge in [-0.1, -0.05) is 72.8 Å². The molecule has 7 nitrogen and oxygen atoms in total. The fourth-order valence-corrected chi connectivity index (χ4v) is 5.02. The van der Waals surface area contributed by atoms with E-state index in [1.807, 2.05) is 66.7 Å². The summed E-state index contributed by atoms with van der Waals surface area (Å²) in [5.74, 6) is -0.234. The molecule has 0 saturated carbocycles. The van der Waals surface area contributed by atoms with Crippen LogP contribution in [0.4, 0.5) is 0 Å². The molecule has 7 heteroatoms. The first-order chi connectivity index (χ1) is 19.6. The van der Waals surface area contributed by atoms with E-state index in [1.165, 1.54) is 6.07 Å². The number of carbonyl (C=O) groups is 1. The molecule has 0 N–H and O–H groups in total. The summed E-state index contributed by atoms with van der Waals surface area (Å²) in [4.78, 5) is 33.5. The Morgan fingerprint density at radius 2 is 1.70 bits per heavy atom. The number of pyridine rings is 2. The molecule has 3 heterocycles. The maximum Gasteiger partial charge on any atom is 0.277 e. The zero-order chi connectivity index (χ0) is 27.9. The van der Waals surface area contributed by atoms with Crippen LogP contribution in [-0.2, 0) is 13.0 Å². The van der Waals surface area contributed by atoms with Crippen LogP contribution in [0, 0.1) is 0 Å². The van der Waals surface area contributed by atoms with Crippen molar-refractivity contribution < 1.29 is 9.53 Å². The number of fused-ring (bicyclic) bond motifs is 1. The predicted molar refractivity (Wildman–Crippen MR) is 157 cm³/mol. The second kappa shape index (κ2) is 12.3. The van der Waals surface area contributed by atoms with Gasteiger partial charge in [-0.25, -0.2) is 0 Å². The Bertz CT molecular complexity index is 1550. The summed E-state index contributed by atoms with van der Waals surface area (Å²) < 4.78 is 7.85. The van der Waals surface area contributed by atoms with Gasteiger partial charge in [0.15, 0.2) is 11.4 Å². The lowest BCUT2D eigenvalue weighted by Gasteiger charge is -2.44. The summed E-state index contributed by atoms with van der Waals surface area (Å²) in [5.41, 5.74) is 3.70. The first kappa shape index (κ1) is 26.7. The zero-order valence-electron chi connectivity index (χ0n) is 22.4. The maximum atomic E-state index is 13.9. The second-order valence-electron chi connectivity index (χ2n) is 9.55. The van der Waals surface area contributed by atoms with Crippen LogP contribution in [0.25, 0.3) is 0 Å². The third-order valence-corrected chi connectivity index (χ3v) is 6.93. The molecule has 0 aliphatic carbocycles. The molecular formula is C33H32N4O3. The Labute approximate surface area is 234 Å². The van der Waals surface area contributed by atoms with E-state index < -0.39 is 0 Å². The average Bonchev–Trinajstić information content (AvgIpc) is 2.99. The van der Waals surface area contributed by atoms with Gasteiger partial charge in [-0.3, -0.25) is 24.3 Å². The van der Waals surface area contributed by atoms with Crippen LogP contribution in [0.2, 0.25) is 0 Å². The van der Waals surface area contributed by atoms with E-state index in [0.717, 1.165) is 22.4 Å². The molecule has 0 radical (unpaired) electrons. The molecule has 0 bridgehead atoms. The second-order valence-corrected chi connectivity index (χ2v) is 9.55. The number of aromatic nitrogens is 2. The fourth-order valence-electron chi connectivity index (χ4n) is 5.02. The molecule has 40 heavy (non-hydrogen) atoms. The monoisotopic (exact) mass is 532 g/mol. The number of ether oxygens (including phenoxy) is 1. The molecule has 2 aromatic carbocycles. The van der Waals surface area contributed by atoms with Gasteiger partial charge in [0, 0.05) is 25.0 Å². The third kappa shape index (κ3) is 5.45. The number of rotatable bonds is 11. The van der Waals surface area contributed by atoms with E-state index in [-0.39, 0.29) is 42.1 Å². The van der Waals surface area contributed by atoms with E-state index in [0.29, 0.717) is 19.4 Å². The molecule has 2 aromatic heterocycles. The third-order valence-electron chi connectivity index (χ3n) is 6.93. The highest BCUT2D eigenvalue weighted by atomic mass is 16.5. The highest BCUT2D eigenvalue weighted by Gasteiger charge is 2.37. The number of nitrogens with zero attached hydrogens (tertiary/aromatic N) is 4. The van der Waals surface area contributed by atoms with Gasteiger partial charge in [0.05, 0.1) is 5.69 Å². The molecule has 1 atom stereocenters. The van der Waals surface area contributed by atoms with Crippen LogP contribution in [-0.4, -0.2) is 33.7 Å². The van der Waals surface area contributed by atoms with E-state index >= 15 is 0 Å². The van der Waals surface area contributed by atoms with Gasteiger partial charge < -0.3 is 9.64 Å². The van der Waals surface area contributed by atoms with Gasteiger partial charge in [-0.05, 0) is 41.7 Å². The SMILES string of the molecule is C=CCCN1CN(C(c2ccccn2)c2ccccc2CC=C)n2ccc(=O)c(OCc3ccccc3)c2C1=O. The van der Waals surface area contributed by atoms with Crippen LogP contribution < -0.4 is 15.2 Å². The Hall–Kier alpha value is -4.91. The molecule has 1 aliphatic rings. The van der Waals surface area contributed by atoms with E-state index in [9.17, 15) is 9.59 Å². The smallest absolute Gasteiger partial charge is 0.277 e. The van der Waals surface area contributed by atoms with E-state index in [4.69, 9.17) is 9.72 Å². The number of benzene rings is 2. The Kier molecular flexibility index (Phi) is 8.21. The summed E-state index contributed by atoms with van der Waals surface area (Å²) in [5, 5.41) is 2.07. The van der Waals surface area contributed by atoms with Crippen LogP contribution in [0.3, 0.4) is 0 Å². The van der Waals surface area contributed by atoms with E-state index in [1.54, 1.807) is 28.0 Å². The minimum absolute atomic E-state index is 0.0313. The molecule has 5 rings (SSSR count).